The second kappa shape index (κ2) is 6.36. The minimum absolute atomic E-state index is 0.0813. The molecule has 0 unspecified atom stereocenters. The lowest BCUT2D eigenvalue weighted by molar-refractivity contribution is 0.109. The highest BCUT2D eigenvalue weighted by atomic mass is 79.9. The molecule has 0 amide bonds. The van der Waals surface area contributed by atoms with Crippen LogP contribution in [0.4, 0.5) is 0 Å². The SMILES string of the molecule is CC(C)(C)C#Cc1ccc2c(c1)[C@@]1(COCC(N)=N1)c1cc(Br)cnc1O2. The van der Waals surface area contributed by atoms with Gasteiger partial charge in [0.05, 0.1) is 12.2 Å². The lowest BCUT2D eigenvalue weighted by Crippen LogP contribution is -2.42. The zero-order chi connectivity index (χ0) is 19.2. The van der Waals surface area contributed by atoms with E-state index < -0.39 is 5.54 Å². The molecule has 1 aromatic carbocycles. The molecule has 2 N–H and O–H groups in total. The van der Waals surface area contributed by atoms with Crippen LogP contribution < -0.4 is 10.5 Å². The van der Waals surface area contributed by atoms with Crippen LogP contribution in [0.25, 0.3) is 0 Å². The minimum Gasteiger partial charge on any atom is -0.438 e. The zero-order valence-electron chi connectivity index (χ0n) is 15.5. The first-order valence-electron chi connectivity index (χ1n) is 8.70. The maximum absolute atomic E-state index is 6.07. The highest BCUT2D eigenvalue weighted by Crippen LogP contribution is 2.50. The van der Waals surface area contributed by atoms with Crippen molar-refractivity contribution in [3.63, 3.8) is 0 Å². The maximum atomic E-state index is 6.07. The van der Waals surface area contributed by atoms with Gasteiger partial charge in [0, 0.05) is 27.2 Å². The molecule has 5 nitrogen and oxygen atoms in total. The van der Waals surface area contributed by atoms with Gasteiger partial charge in [-0.15, -0.1) is 0 Å². The van der Waals surface area contributed by atoms with Gasteiger partial charge in [0.1, 0.15) is 23.7 Å². The summed E-state index contributed by atoms with van der Waals surface area (Å²) in [5.41, 5.74) is 7.81. The molecule has 0 aliphatic carbocycles. The van der Waals surface area contributed by atoms with E-state index >= 15 is 0 Å². The Labute approximate surface area is 167 Å². The number of hydrogen-bond acceptors (Lipinski definition) is 5. The lowest BCUT2D eigenvalue weighted by Gasteiger charge is -2.38. The molecule has 0 bridgehead atoms. The second-order valence-electron chi connectivity index (χ2n) is 7.78. The molecule has 3 heterocycles. The largest absolute Gasteiger partial charge is 0.438 e. The number of benzene rings is 1. The van der Waals surface area contributed by atoms with Crippen molar-refractivity contribution in [3.05, 3.63) is 51.6 Å². The summed E-state index contributed by atoms with van der Waals surface area (Å²) in [4.78, 5) is 9.25. The quantitative estimate of drug-likeness (QED) is 0.648. The predicted octanol–water partition coefficient (Wildman–Crippen LogP) is 3.98. The van der Waals surface area contributed by atoms with Gasteiger partial charge < -0.3 is 15.2 Å². The van der Waals surface area contributed by atoms with Gasteiger partial charge in [0.15, 0.2) is 0 Å². The third-order valence-corrected chi connectivity index (χ3v) is 4.81. The molecule has 6 heteroatoms. The monoisotopic (exact) mass is 425 g/mol. The van der Waals surface area contributed by atoms with Crippen LogP contribution in [0.1, 0.15) is 37.5 Å². The molecule has 2 aliphatic heterocycles. The van der Waals surface area contributed by atoms with Crippen molar-refractivity contribution in [2.24, 2.45) is 16.1 Å². The number of amidine groups is 1. The van der Waals surface area contributed by atoms with Gasteiger partial charge in [0.2, 0.25) is 5.88 Å². The Bertz CT molecular complexity index is 1010. The van der Waals surface area contributed by atoms with Crippen LogP contribution in [0.3, 0.4) is 0 Å². The fraction of sp³-hybridized carbons (Fsp3) is 0.333. The Morgan fingerprint density at radius 3 is 2.78 bits per heavy atom. The standard InChI is InChI=1S/C21H20BrN3O2/c1-20(2,3)7-6-13-4-5-17-15(8-13)21(12-26-11-18(23)25-21)16-9-14(22)10-24-19(16)27-17/h4-5,8-10H,11-12H2,1-3H3,(H2,23,25)/t21-/m0/s1. The molecular formula is C21H20BrN3O2. The summed E-state index contributed by atoms with van der Waals surface area (Å²) in [6.45, 7) is 6.94. The number of nitrogens with zero attached hydrogens (tertiary/aromatic N) is 2. The molecule has 0 fully saturated rings. The van der Waals surface area contributed by atoms with Crippen LogP contribution in [0.2, 0.25) is 0 Å². The summed E-state index contributed by atoms with van der Waals surface area (Å²) in [6, 6.07) is 7.84. The molecule has 4 rings (SSSR count). The first kappa shape index (κ1) is 18.0. The van der Waals surface area contributed by atoms with Crippen LogP contribution in [-0.2, 0) is 10.3 Å². The molecule has 138 valence electrons. The van der Waals surface area contributed by atoms with Gasteiger partial charge in [-0.2, -0.15) is 0 Å². The lowest BCUT2D eigenvalue weighted by atomic mass is 9.81. The van der Waals surface area contributed by atoms with Crippen molar-refractivity contribution < 1.29 is 9.47 Å². The van der Waals surface area contributed by atoms with Crippen molar-refractivity contribution in [2.45, 2.75) is 26.3 Å². The third-order valence-electron chi connectivity index (χ3n) is 4.37. The highest BCUT2D eigenvalue weighted by Gasteiger charge is 2.45. The number of aliphatic imine (C=N–C) groups is 1. The predicted molar refractivity (Wildman–Crippen MR) is 108 cm³/mol. The highest BCUT2D eigenvalue weighted by molar-refractivity contribution is 9.10. The third kappa shape index (κ3) is 3.33. The number of rotatable bonds is 0. The number of pyridine rings is 1. The Hall–Kier alpha value is -2.36. The topological polar surface area (TPSA) is 69.7 Å². The Kier molecular flexibility index (Phi) is 4.25. The molecule has 1 atom stereocenters. The fourth-order valence-corrected chi connectivity index (χ4v) is 3.55. The fourth-order valence-electron chi connectivity index (χ4n) is 3.22. The number of halogens is 1. The molecule has 2 aromatic rings. The summed E-state index contributed by atoms with van der Waals surface area (Å²) >= 11 is 3.50. The van der Waals surface area contributed by atoms with Gasteiger partial charge in [-0.1, -0.05) is 11.8 Å². The smallest absolute Gasteiger partial charge is 0.225 e. The number of nitrogens with two attached hydrogens (primary N) is 1. The average molecular weight is 426 g/mol. The van der Waals surface area contributed by atoms with Crippen LogP contribution >= 0.6 is 15.9 Å². The summed E-state index contributed by atoms with van der Waals surface area (Å²) in [7, 11) is 0. The van der Waals surface area contributed by atoms with E-state index in [4.69, 9.17) is 20.2 Å². The summed E-state index contributed by atoms with van der Waals surface area (Å²) in [6.07, 6.45) is 1.71. The normalized spacial score (nSPS) is 20.7. The average Bonchev–Trinajstić information content (AvgIpc) is 2.61. The van der Waals surface area contributed by atoms with Gasteiger partial charge >= 0.3 is 0 Å². The number of fused-ring (bicyclic) bond motifs is 4. The van der Waals surface area contributed by atoms with E-state index in [9.17, 15) is 0 Å². The van der Waals surface area contributed by atoms with E-state index in [1.807, 2.05) is 24.3 Å². The number of hydrogen-bond donors (Lipinski definition) is 1. The molecule has 27 heavy (non-hydrogen) atoms. The van der Waals surface area contributed by atoms with Gasteiger partial charge in [-0.25, -0.2) is 4.98 Å². The molecule has 0 saturated carbocycles. The maximum Gasteiger partial charge on any atom is 0.225 e. The summed E-state index contributed by atoms with van der Waals surface area (Å²) in [5, 5.41) is 0. The van der Waals surface area contributed by atoms with Crippen LogP contribution in [0.15, 0.2) is 39.9 Å². The van der Waals surface area contributed by atoms with Crippen molar-refractivity contribution in [1.29, 1.82) is 0 Å². The second-order valence-corrected chi connectivity index (χ2v) is 8.69. The minimum atomic E-state index is -0.790. The van der Waals surface area contributed by atoms with Crippen molar-refractivity contribution in [3.8, 4) is 23.5 Å². The van der Waals surface area contributed by atoms with Crippen LogP contribution in [-0.4, -0.2) is 24.0 Å². The van der Waals surface area contributed by atoms with E-state index in [0.717, 1.165) is 21.2 Å². The first-order chi connectivity index (χ1) is 12.8. The van der Waals surface area contributed by atoms with E-state index in [-0.39, 0.29) is 5.41 Å². The van der Waals surface area contributed by atoms with E-state index in [0.29, 0.717) is 30.7 Å². The van der Waals surface area contributed by atoms with Crippen molar-refractivity contribution >= 4 is 21.8 Å². The first-order valence-corrected chi connectivity index (χ1v) is 9.50. The van der Waals surface area contributed by atoms with Gasteiger partial charge in [-0.3, -0.25) is 4.99 Å². The van der Waals surface area contributed by atoms with E-state index in [1.54, 1.807) is 6.20 Å². The van der Waals surface area contributed by atoms with Gasteiger partial charge in [0.25, 0.3) is 0 Å². The molecule has 2 aliphatic rings. The Morgan fingerprint density at radius 2 is 2.04 bits per heavy atom. The molecule has 1 aromatic heterocycles. The van der Waals surface area contributed by atoms with Crippen molar-refractivity contribution in [1.82, 2.24) is 4.98 Å². The van der Waals surface area contributed by atoms with Crippen LogP contribution in [0.5, 0.6) is 11.6 Å². The molecular weight excluding hydrogens is 406 g/mol. The van der Waals surface area contributed by atoms with E-state index in [1.165, 1.54) is 0 Å². The number of ether oxygens (including phenoxy) is 2. The molecule has 0 saturated heterocycles. The van der Waals surface area contributed by atoms with Crippen molar-refractivity contribution in [2.75, 3.05) is 13.2 Å². The van der Waals surface area contributed by atoms with E-state index in [2.05, 4.69) is 53.5 Å². The molecule has 1 spiro atoms. The molecule has 0 radical (unpaired) electrons. The number of aromatic nitrogens is 1. The summed E-state index contributed by atoms with van der Waals surface area (Å²) < 4.78 is 12.7. The Balaban J connectivity index is 1.94. The Morgan fingerprint density at radius 1 is 1.22 bits per heavy atom. The zero-order valence-corrected chi connectivity index (χ0v) is 17.1. The summed E-state index contributed by atoms with van der Waals surface area (Å²) in [5.74, 6) is 8.18. The van der Waals surface area contributed by atoms with Crippen LogP contribution in [0, 0.1) is 17.3 Å². The van der Waals surface area contributed by atoms with Gasteiger partial charge in [-0.05, 0) is 61.0 Å².